The first kappa shape index (κ1) is 23.0. The van der Waals surface area contributed by atoms with Gasteiger partial charge >= 0.3 is 0 Å². The maximum atomic E-state index is 13.1. The zero-order chi connectivity index (χ0) is 22.1. The fourth-order valence-electron chi connectivity index (χ4n) is 3.74. The molecule has 2 aromatic rings. The number of benzene rings is 1. The van der Waals surface area contributed by atoms with Gasteiger partial charge in [-0.1, -0.05) is 13.8 Å². The molecule has 1 amide bonds. The number of carbonyl (C=O) groups excluding carboxylic acids is 1. The van der Waals surface area contributed by atoms with Gasteiger partial charge in [0.05, 0.1) is 18.4 Å². The van der Waals surface area contributed by atoms with Crippen molar-refractivity contribution in [3.63, 3.8) is 0 Å². The van der Waals surface area contributed by atoms with Gasteiger partial charge in [-0.25, -0.2) is 9.37 Å². The van der Waals surface area contributed by atoms with Crippen LogP contribution in [0.2, 0.25) is 0 Å². The van der Waals surface area contributed by atoms with Crippen molar-refractivity contribution in [1.29, 1.82) is 0 Å². The van der Waals surface area contributed by atoms with Gasteiger partial charge in [-0.2, -0.15) is 5.10 Å². The summed E-state index contributed by atoms with van der Waals surface area (Å²) in [7, 11) is 0. The number of piperazine rings is 1. The van der Waals surface area contributed by atoms with Crippen molar-refractivity contribution in [3.8, 4) is 11.3 Å². The summed E-state index contributed by atoms with van der Waals surface area (Å²) in [6.45, 7) is 9.35. The molecule has 9 heteroatoms. The van der Waals surface area contributed by atoms with Crippen molar-refractivity contribution in [2.45, 2.75) is 32.7 Å². The SMILES string of the molecule is CC.O=C(CN1CCN(c2nncc(-c3ccc(F)cc3)n2)CC1)NC1CCNCC1. The Kier molecular flexibility index (Phi) is 8.66. The zero-order valence-electron chi connectivity index (χ0n) is 18.4. The molecule has 1 aromatic carbocycles. The summed E-state index contributed by atoms with van der Waals surface area (Å²) < 4.78 is 13.1. The van der Waals surface area contributed by atoms with Gasteiger partial charge in [0, 0.05) is 37.8 Å². The lowest BCUT2D eigenvalue weighted by molar-refractivity contribution is -0.123. The lowest BCUT2D eigenvalue weighted by Gasteiger charge is -2.34. The highest BCUT2D eigenvalue weighted by molar-refractivity contribution is 5.78. The van der Waals surface area contributed by atoms with Gasteiger partial charge in [0.15, 0.2) is 0 Å². The molecule has 168 valence electrons. The van der Waals surface area contributed by atoms with Gasteiger partial charge in [0.2, 0.25) is 11.9 Å². The molecule has 2 saturated heterocycles. The quantitative estimate of drug-likeness (QED) is 0.748. The number of amides is 1. The van der Waals surface area contributed by atoms with Crippen LogP contribution in [0.25, 0.3) is 11.3 Å². The molecule has 0 aliphatic carbocycles. The predicted molar refractivity (Wildman–Crippen MR) is 119 cm³/mol. The molecule has 0 radical (unpaired) electrons. The summed E-state index contributed by atoms with van der Waals surface area (Å²) in [5.74, 6) is 0.378. The highest BCUT2D eigenvalue weighted by Crippen LogP contribution is 2.19. The fourth-order valence-corrected chi connectivity index (χ4v) is 3.74. The number of aromatic nitrogens is 3. The third-order valence-corrected chi connectivity index (χ3v) is 5.41. The smallest absolute Gasteiger partial charge is 0.245 e. The van der Waals surface area contributed by atoms with Gasteiger partial charge in [0.1, 0.15) is 5.82 Å². The molecule has 0 saturated carbocycles. The Morgan fingerprint density at radius 2 is 1.81 bits per heavy atom. The molecular weight excluding hydrogens is 397 g/mol. The van der Waals surface area contributed by atoms with E-state index in [0.29, 0.717) is 24.2 Å². The Morgan fingerprint density at radius 1 is 1.13 bits per heavy atom. The number of rotatable bonds is 5. The van der Waals surface area contributed by atoms with Gasteiger partial charge in [-0.15, -0.1) is 5.10 Å². The number of carbonyl (C=O) groups is 1. The maximum Gasteiger partial charge on any atom is 0.245 e. The van der Waals surface area contributed by atoms with E-state index in [9.17, 15) is 9.18 Å². The summed E-state index contributed by atoms with van der Waals surface area (Å²) in [6, 6.07) is 6.47. The Bertz CT molecular complexity index is 819. The fraction of sp³-hybridized carbons (Fsp3) is 0.545. The van der Waals surface area contributed by atoms with Crippen LogP contribution in [-0.2, 0) is 4.79 Å². The second-order valence-electron chi connectivity index (χ2n) is 7.50. The number of piperidine rings is 1. The Balaban J connectivity index is 0.00000132. The molecule has 0 unspecified atom stereocenters. The van der Waals surface area contributed by atoms with Gasteiger partial charge in [0.25, 0.3) is 0 Å². The van der Waals surface area contributed by atoms with Crippen LogP contribution in [0.4, 0.5) is 10.3 Å². The van der Waals surface area contributed by atoms with Crippen LogP contribution in [-0.4, -0.2) is 77.8 Å². The van der Waals surface area contributed by atoms with Crippen LogP contribution in [0.3, 0.4) is 0 Å². The molecule has 0 bridgehead atoms. The van der Waals surface area contributed by atoms with E-state index in [-0.39, 0.29) is 11.7 Å². The number of hydrogen-bond acceptors (Lipinski definition) is 7. The first-order valence-corrected chi connectivity index (χ1v) is 11.1. The van der Waals surface area contributed by atoms with Crippen molar-refractivity contribution in [2.24, 2.45) is 0 Å². The number of halogens is 1. The Morgan fingerprint density at radius 3 is 2.48 bits per heavy atom. The summed E-state index contributed by atoms with van der Waals surface area (Å²) in [5, 5.41) is 14.7. The third kappa shape index (κ3) is 6.67. The average Bonchev–Trinajstić information content (AvgIpc) is 2.82. The van der Waals surface area contributed by atoms with Crippen LogP contribution in [0.1, 0.15) is 26.7 Å². The first-order valence-electron chi connectivity index (χ1n) is 11.1. The summed E-state index contributed by atoms with van der Waals surface area (Å²) in [6.07, 6.45) is 3.57. The monoisotopic (exact) mass is 429 g/mol. The molecule has 2 fully saturated rings. The van der Waals surface area contributed by atoms with Gasteiger partial charge < -0.3 is 15.5 Å². The molecule has 2 aliphatic heterocycles. The highest BCUT2D eigenvalue weighted by atomic mass is 19.1. The average molecular weight is 430 g/mol. The van der Waals surface area contributed by atoms with E-state index in [2.05, 4.69) is 35.6 Å². The third-order valence-electron chi connectivity index (χ3n) is 5.41. The van der Waals surface area contributed by atoms with Crippen LogP contribution >= 0.6 is 0 Å². The van der Waals surface area contributed by atoms with Crippen LogP contribution in [0.15, 0.2) is 30.5 Å². The molecule has 0 atom stereocenters. The maximum absolute atomic E-state index is 13.1. The molecule has 1 aromatic heterocycles. The minimum Gasteiger partial charge on any atom is -0.352 e. The zero-order valence-corrected chi connectivity index (χ0v) is 18.4. The number of anilines is 1. The summed E-state index contributed by atoms with van der Waals surface area (Å²) in [5.41, 5.74) is 1.47. The van der Waals surface area contributed by atoms with E-state index in [1.807, 2.05) is 13.8 Å². The van der Waals surface area contributed by atoms with E-state index in [0.717, 1.165) is 57.7 Å². The minimum absolute atomic E-state index is 0.0987. The molecule has 2 N–H and O–H groups in total. The van der Waals surface area contributed by atoms with Gasteiger partial charge in [-0.3, -0.25) is 9.69 Å². The molecular formula is C22H32FN7O. The second kappa shape index (κ2) is 11.7. The Hall–Kier alpha value is -2.65. The van der Waals surface area contributed by atoms with E-state index >= 15 is 0 Å². The number of hydrogen-bond donors (Lipinski definition) is 2. The molecule has 3 heterocycles. The van der Waals surface area contributed by atoms with Crippen molar-refractivity contribution in [2.75, 3.05) is 50.7 Å². The van der Waals surface area contributed by atoms with Crippen LogP contribution in [0, 0.1) is 5.82 Å². The van der Waals surface area contributed by atoms with Crippen molar-refractivity contribution in [3.05, 3.63) is 36.3 Å². The van der Waals surface area contributed by atoms with Crippen molar-refractivity contribution < 1.29 is 9.18 Å². The normalized spacial score (nSPS) is 17.6. The molecule has 2 aliphatic rings. The van der Waals surface area contributed by atoms with Crippen molar-refractivity contribution in [1.82, 2.24) is 30.7 Å². The minimum atomic E-state index is -0.281. The molecule has 8 nitrogen and oxygen atoms in total. The second-order valence-corrected chi connectivity index (χ2v) is 7.50. The van der Waals surface area contributed by atoms with E-state index in [1.54, 1.807) is 18.3 Å². The molecule has 31 heavy (non-hydrogen) atoms. The van der Waals surface area contributed by atoms with Gasteiger partial charge in [-0.05, 0) is 50.2 Å². The summed E-state index contributed by atoms with van der Waals surface area (Å²) in [4.78, 5) is 21.1. The Labute approximate surface area is 183 Å². The first-order chi connectivity index (χ1) is 15.2. The van der Waals surface area contributed by atoms with Crippen LogP contribution in [0.5, 0.6) is 0 Å². The number of nitrogens with one attached hydrogen (secondary N) is 2. The largest absolute Gasteiger partial charge is 0.352 e. The predicted octanol–water partition coefficient (Wildman–Crippen LogP) is 1.69. The van der Waals surface area contributed by atoms with E-state index < -0.39 is 0 Å². The highest BCUT2D eigenvalue weighted by Gasteiger charge is 2.23. The lowest BCUT2D eigenvalue weighted by Crippen LogP contribution is -2.51. The van der Waals surface area contributed by atoms with Crippen molar-refractivity contribution >= 4 is 11.9 Å². The number of nitrogens with zero attached hydrogens (tertiary/aromatic N) is 5. The lowest BCUT2D eigenvalue weighted by atomic mass is 10.1. The van der Waals surface area contributed by atoms with E-state index in [1.165, 1.54) is 12.1 Å². The topological polar surface area (TPSA) is 86.3 Å². The van der Waals surface area contributed by atoms with Crippen LogP contribution < -0.4 is 15.5 Å². The van der Waals surface area contributed by atoms with E-state index in [4.69, 9.17) is 0 Å². The molecule has 0 spiro atoms. The summed E-state index contributed by atoms with van der Waals surface area (Å²) >= 11 is 0. The standard InChI is InChI=1S/C20H26FN7O.C2H6/c21-16-3-1-15(2-4-16)18-13-23-26-20(25-18)28-11-9-27(10-12-28)14-19(29)24-17-5-7-22-8-6-17;1-2/h1-4,13,17,22H,5-12,14H2,(H,24,29);1-2H3. The molecule has 4 rings (SSSR count).